The lowest BCUT2D eigenvalue weighted by Crippen LogP contribution is -2.12. The van der Waals surface area contributed by atoms with Crippen molar-refractivity contribution in [3.8, 4) is 44.9 Å². The van der Waals surface area contributed by atoms with Crippen molar-refractivity contribution in [1.29, 1.82) is 0 Å². The molecule has 0 aliphatic heterocycles. The number of hydrogen-bond acceptors (Lipinski definition) is 3. The SMILES string of the molecule is [B]c1c(O)c(C)c(O)c(-c2ccccc2)c1-c1c2ccccc2c(-c2ccc3c(c2)oc2ccc4ccccc4c23)c2ccccc12. The smallest absolute Gasteiger partial charge is 0.136 e. The van der Waals surface area contributed by atoms with Crippen LogP contribution in [0.15, 0.2) is 138 Å². The van der Waals surface area contributed by atoms with Crippen LogP contribution in [0.4, 0.5) is 0 Å². The number of benzene rings is 8. The summed E-state index contributed by atoms with van der Waals surface area (Å²) in [5, 5.41) is 31.3. The molecule has 9 rings (SSSR count). The van der Waals surface area contributed by atoms with Gasteiger partial charge >= 0.3 is 0 Å². The van der Waals surface area contributed by atoms with Crippen LogP contribution in [0.25, 0.3) is 87.6 Å². The first-order chi connectivity index (χ1) is 23.0. The van der Waals surface area contributed by atoms with Crippen LogP contribution in [0.2, 0.25) is 0 Å². The van der Waals surface area contributed by atoms with Gasteiger partial charge in [0.1, 0.15) is 30.5 Å². The van der Waals surface area contributed by atoms with Gasteiger partial charge in [0.25, 0.3) is 0 Å². The second kappa shape index (κ2) is 10.3. The monoisotopic (exact) mass is 602 g/mol. The number of phenolic OH excluding ortho intramolecular Hbond substituents is 2. The summed E-state index contributed by atoms with van der Waals surface area (Å²) < 4.78 is 6.49. The van der Waals surface area contributed by atoms with Crippen LogP contribution in [0.1, 0.15) is 5.56 Å². The van der Waals surface area contributed by atoms with Gasteiger partial charge in [-0.3, -0.25) is 0 Å². The fourth-order valence-electron chi connectivity index (χ4n) is 7.43. The number of fused-ring (bicyclic) bond motifs is 7. The normalized spacial score (nSPS) is 11.8. The molecular formula is C43H27BO3. The lowest BCUT2D eigenvalue weighted by atomic mass is 9.76. The Labute approximate surface area is 272 Å². The van der Waals surface area contributed by atoms with Crippen molar-refractivity contribution in [3.63, 3.8) is 0 Å². The molecule has 4 heteroatoms. The maximum atomic E-state index is 11.6. The zero-order valence-electron chi connectivity index (χ0n) is 25.6. The number of rotatable bonds is 3. The second-order valence-electron chi connectivity index (χ2n) is 12.2. The van der Waals surface area contributed by atoms with Crippen LogP contribution in [0.5, 0.6) is 11.5 Å². The van der Waals surface area contributed by atoms with E-state index < -0.39 is 0 Å². The van der Waals surface area contributed by atoms with Crippen LogP contribution in [0, 0.1) is 6.92 Å². The minimum Gasteiger partial charge on any atom is -0.508 e. The average molecular weight is 602 g/mol. The third-order valence-corrected chi connectivity index (χ3v) is 9.62. The van der Waals surface area contributed by atoms with Gasteiger partial charge in [-0.25, -0.2) is 0 Å². The average Bonchev–Trinajstić information content (AvgIpc) is 3.50. The first-order valence-electron chi connectivity index (χ1n) is 15.7. The first kappa shape index (κ1) is 27.3. The van der Waals surface area contributed by atoms with Gasteiger partial charge in [0, 0.05) is 21.9 Å². The van der Waals surface area contributed by atoms with Crippen LogP contribution < -0.4 is 5.46 Å². The van der Waals surface area contributed by atoms with Crippen LogP contribution >= 0.6 is 0 Å². The largest absolute Gasteiger partial charge is 0.508 e. The highest BCUT2D eigenvalue weighted by molar-refractivity contribution is 6.41. The topological polar surface area (TPSA) is 53.6 Å². The van der Waals surface area contributed by atoms with Gasteiger partial charge in [-0.1, -0.05) is 115 Å². The van der Waals surface area contributed by atoms with Gasteiger partial charge in [-0.05, 0) is 90.7 Å². The Kier molecular flexibility index (Phi) is 5.97. The molecule has 2 radical (unpaired) electrons. The molecule has 0 aliphatic rings. The number of hydrogen-bond donors (Lipinski definition) is 2. The summed E-state index contributed by atoms with van der Waals surface area (Å²) in [5.74, 6) is -0.102. The van der Waals surface area contributed by atoms with E-state index in [1.807, 2.05) is 54.6 Å². The molecular weight excluding hydrogens is 575 g/mol. The van der Waals surface area contributed by atoms with Crippen molar-refractivity contribution in [2.24, 2.45) is 0 Å². The molecule has 0 saturated carbocycles. The van der Waals surface area contributed by atoms with E-state index in [1.54, 1.807) is 6.92 Å². The second-order valence-corrected chi connectivity index (χ2v) is 12.2. The molecule has 2 N–H and O–H groups in total. The summed E-state index contributed by atoms with van der Waals surface area (Å²) in [6.07, 6.45) is 0. The molecule has 1 heterocycles. The maximum absolute atomic E-state index is 11.6. The minimum absolute atomic E-state index is 0.0120. The summed E-state index contributed by atoms with van der Waals surface area (Å²) in [7, 11) is 6.82. The molecule has 0 spiro atoms. The molecule has 0 aliphatic carbocycles. The van der Waals surface area contributed by atoms with Crippen molar-refractivity contribution < 1.29 is 14.6 Å². The molecule has 8 aromatic carbocycles. The minimum atomic E-state index is -0.114. The summed E-state index contributed by atoms with van der Waals surface area (Å²) >= 11 is 0. The number of furan rings is 1. The van der Waals surface area contributed by atoms with Gasteiger partial charge in [0.2, 0.25) is 0 Å². The lowest BCUT2D eigenvalue weighted by Gasteiger charge is -2.23. The molecule has 0 atom stereocenters. The molecule has 47 heavy (non-hydrogen) atoms. The Hall–Kier alpha value is -6.00. The third kappa shape index (κ3) is 3.95. The molecule has 0 fully saturated rings. The van der Waals surface area contributed by atoms with E-state index in [1.165, 1.54) is 10.8 Å². The Morgan fingerprint density at radius 2 is 1.06 bits per heavy atom. The molecule has 0 unspecified atom stereocenters. The standard InChI is InChI=1S/C43H27BO3/c1-24-42(45)37(26-12-3-2-4-13-26)40(41(44)43(24)46)39-31-17-9-7-15-29(31)36(30-16-8-10-18-32(30)39)27-19-21-33-35(23-27)47-34-22-20-25-11-5-6-14-28(25)38(33)34/h2-23,45-46H,1H3. The van der Waals surface area contributed by atoms with E-state index in [9.17, 15) is 10.2 Å². The Bertz CT molecular complexity index is 2670. The summed E-state index contributed by atoms with van der Waals surface area (Å²) in [6.45, 7) is 1.69. The lowest BCUT2D eigenvalue weighted by molar-refractivity contribution is 0.447. The number of aromatic hydroxyl groups is 2. The van der Waals surface area contributed by atoms with Crippen molar-refractivity contribution in [3.05, 3.63) is 139 Å². The molecule has 220 valence electrons. The summed E-state index contributed by atoms with van der Waals surface area (Å²) in [5.41, 5.74) is 7.26. The van der Waals surface area contributed by atoms with E-state index in [-0.39, 0.29) is 17.0 Å². The van der Waals surface area contributed by atoms with E-state index in [4.69, 9.17) is 12.3 Å². The number of phenols is 2. The Balaban J connectivity index is 1.39. The highest BCUT2D eigenvalue weighted by Gasteiger charge is 2.25. The fraction of sp³-hybridized carbons (Fsp3) is 0.0233. The highest BCUT2D eigenvalue weighted by atomic mass is 16.3. The third-order valence-electron chi connectivity index (χ3n) is 9.62. The van der Waals surface area contributed by atoms with Gasteiger partial charge in [0.05, 0.1) is 0 Å². The molecule has 0 bridgehead atoms. The Morgan fingerprint density at radius 3 is 1.74 bits per heavy atom. The van der Waals surface area contributed by atoms with Gasteiger partial charge in [-0.2, -0.15) is 0 Å². The maximum Gasteiger partial charge on any atom is 0.136 e. The van der Waals surface area contributed by atoms with Gasteiger partial charge in [0.15, 0.2) is 0 Å². The van der Waals surface area contributed by atoms with Crippen molar-refractivity contribution >= 4 is 67.6 Å². The molecule has 0 amide bonds. The van der Waals surface area contributed by atoms with E-state index in [2.05, 4.69) is 78.9 Å². The predicted octanol–water partition coefficient (Wildman–Crippen LogP) is 10.6. The van der Waals surface area contributed by atoms with E-state index in [0.717, 1.165) is 65.7 Å². The zero-order valence-corrected chi connectivity index (χ0v) is 25.6. The quantitative estimate of drug-likeness (QED) is 0.156. The van der Waals surface area contributed by atoms with E-state index in [0.29, 0.717) is 16.7 Å². The highest BCUT2D eigenvalue weighted by Crippen LogP contribution is 2.49. The predicted molar refractivity (Wildman–Crippen MR) is 196 cm³/mol. The van der Waals surface area contributed by atoms with Crippen LogP contribution in [-0.2, 0) is 0 Å². The van der Waals surface area contributed by atoms with Gasteiger partial charge in [-0.15, -0.1) is 0 Å². The van der Waals surface area contributed by atoms with Crippen LogP contribution in [-0.4, -0.2) is 18.1 Å². The first-order valence-corrected chi connectivity index (χ1v) is 15.7. The zero-order chi connectivity index (χ0) is 31.8. The van der Waals surface area contributed by atoms with Crippen LogP contribution in [0.3, 0.4) is 0 Å². The molecule has 9 aromatic rings. The summed E-state index contributed by atoms with van der Waals surface area (Å²) in [6, 6.07) is 45.4. The fourth-order valence-corrected chi connectivity index (χ4v) is 7.43. The van der Waals surface area contributed by atoms with Gasteiger partial charge < -0.3 is 14.6 Å². The molecule has 3 nitrogen and oxygen atoms in total. The molecule has 1 aromatic heterocycles. The van der Waals surface area contributed by atoms with E-state index >= 15 is 0 Å². The van der Waals surface area contributed by atoms with Crippen molar-refractivity contribution in [2.45, 2.75) is 6.92 Å². The van der Waals surface area contributed by atoms with Crippen molar-refractivity contribution in [2.75, 3.05) is 0 Å². The molecule has 0 saturated heterocycles. The van der Waals surface area contributed by atoms with Crippen molar-refractivity contribution in [1.82, 2.24) is 0 Å². The summed E-state index contributed by atoms with van der Waals surface area (Å²) in [4.78, 5) is 0. The Morgan fingerprint density at radius 1 is 0.468 bits per heavy atom.